The number of benzene rings is 2. The highest BCUT2D eigenvalue weighted by Gasteiger charge is 2.29. The molecule has 6 nitrogen and oxygen atoms in total. The van der Waals surface area contributed by atoms with Crippen LogP contribution in [0.2, 0.25) is 0 Å². The average Bonchev–Trinajstić information content (AvgIpc) is 2.97. The summed E-state index contributed by atoms with van der Waals surface area (Å²) in [5.74, 6) is -0.0574. The smallest absolute Gasteiger partial charge is 0.210 e. The number of pyridine rings is 1. The summed E-state index contributed by atoms with van der Waals surface area (Å²) in [6.45, 7) is 3.42. The Bertz CT molecular complexity index is 1260. The number of hydrogen-bond donors (Lipinski definition) is 1. The minimum absolute atomic E-state index is 0.0574. The zero-order chi connectivity index (χ0) is 19.2. The Morgan fingerprint density at radius 1 is 0.963 bits per heavy atom. The maximum absolute atomic E-state index is 13.5. The van der Waals surface area contributed by atoms with Gasteiger partial charge in [-0.15, -0.1) is 0 Å². The Labute approximate surface area is 156 Å². The SMILES string of the molecule is Cc1nn(-c2ccccc2)c(C)c1S(=O)(=O)c1ccc(O)c2ncccc12. The van der Waals surface area contributed by atoms with Gasteiger partial charge in [-0.3, -0.25) is 4.98 Å². The number of para-hydroxylation sites is 1. The molecule has 0 radical (unpaired) electrons. The van der Waals surface area contributed by atoms with Crippen LogP contribution in [0.15, 0.2) is 70.6 Å². The van der Waals surface area contributed by atoms with E-state index in [4.69, 9.17) is 0 Å². The molecule has 4 aromatic rings. The molecule has 27 heavy (non-hydrogen) atoms. The lowest BCUT2D eigenvalue weighted by molar-refractivity contribution is 0.480. The molecule has 0 fully saturated rings. The van der Waals surface area contributed by atoms with Gasteiger partial charge in [-0.1, -0.05) is 18.2 Å². The fraction of sp³-hybridized carbons (Fsp3) is 0.100. The predicted octanol–water partition coefficient (Wildman–Crippen LogP) is 3.58. The predicted molar refractivity (Wildman–Crippen MR) is 102 cm³/mol. The van der Waals surface area contributed by atoms with Gasteiger partial charge in [0.25, 0.3) is 0 Å². The van der Waals surface area contributed by atoms with Crippen molar-refractivity contribution in [3.8, 4) is 11.4 Å². The van der Waals surface area contributed by atoms with Crippen molar-refractivity contribution in [1.29, 1.82) is 0 Å². The second-order valence-electron chi connectivity index (χ2n) is 6.23. The minimum atomic E-state index is -3.87. The third kappa shape index (κ3) is 2.67. The number of fused-ring (bicyclic) bond motifs is 1. The van der Waals surface area contributed by atoms with E-state index in [1.807, 2.05) is 30.3 Å². The lowest BCUT2D eigenvalue weighted by atomic mass is 10.2. The highest BCUT2D eigenvalue weighted by molar-refractivity contribution is 7.91. The second kappa shape index (κ2) is 6.21. The molecule has 4 rings (SSSR count). The van der Waals surface area contributed by atoms with Gasteiger partial charge in [-0.25, -0.2) is 13.1 Å². The largest absolute Gasteiger partial charge is 0.506 e. The van der Waals surface area contributed by atoms with Crippen LogP contribution in [-0.2, 0) is 9.84 Å². The molecule has 0 bridgehead atoms. The van der Waals surface area contributed by atoms with Gasteiger partial charge in [0.05, 0.1) is 22.0 Å². The van der Waals surface area contributed by atoms with Gasteiger partial charge in [-0.05, 0) is 50.2 Å². The Morgan fingerprint density at radius 3 is 2.44 bits per heavy atom. The Balaban J connectivity index is 1.98. The first-order valence-corrected chi connectivity index (χ1v) is 9.83. The number of phenols is 1. The van der Waals surface area contributed by atoms with Crippen LogP contribution in [0.5, 0.6) is 5.75 Å². The summed E-state index contributed by atoms with van der Waals surface area (Å²) in [5, 5.41) is 14.8. The molecule has 1 N–H and O–H groups in total. The molecule has 0 saturated carbocycles. The van der Waals surface area contributed by atoms with Gasteiger partial charge in [0, 0.05) is 11.6 Å². The lowest BCUT2D eigenvalue weighted by Crippen LogP contribution is -2.06. The van der Waals surface area contributed by atoms with E-state index in [1.54, 1.807) is 30.7 Å². The zero-order valence-electron chi connectivity index (χ0n) is 14.8. The number of aromatic nitrogens is 3. The molecule has 0 atom stereocenters. The van der Waals surface area contributed by atoms with Gasteiger partial charge in [0.1, 0.15) is 16.2 Å². The van der Waals surface area contributed by atoms with Crippen LogP contribution in [0.4, 0.5) is 0 Å². The lowest BCUT2D eigenvalue weighted by Gasteiger charge is -2.10. The van der Waals surface area contributed by atoms with E-state index in [0.29, 0.717) is 16.8 Å². The Kier molecular flexibility index (Phi) is 3.96. The molecular weight excluding hydrogens is 362 g/mol. The van der Waals surface area contributed by atoms with E-state index in [-0.39, 0.29) is 21.1 Å². The quantitative estimate of drug-likeness (QED) is 0.588. The summed E-state index contributed by atoms with van der Waals surface area (Å²) in [5.41, 5.74) is 1.99. The average molecular weight is 379 g/mol. The fourth-order valence-corrected chi connectivity index (χ4v) is 5.14. The van der Waals surface area contributed by atoms with Crippen LogP contribution < -0.4 is 0 Å². The van der Waals surface area contributed by atoms with Crippen LogP contribution in [-0.4, -0.2) is 28.3 Å². The summed E-state index contributed by atoms with van der Waals surface area (Å²) >= 11 is 0. The first-order chi connectivity index (χ1) is 12.9. The molecule has 0 unspecified atom stereocenters. The minimum Gasteiger partial charge on any atom is -0.506 e. The van der Waals surface area contributed by atoms with E-state index in [0.717, 1.165) is 5.69 Å². The first kappa shape index (κ1) is 17.2. The molecule has 0 aliphatic carbocycles. The molecule has 2 heterocycles. The van der Waals surface area contributed by atoms with Crippen LogP contribution >= 0.6 is 0 Å². The van der Waals surface area contributed by atoms with Crippen molar-refractivity contribution < 1.29 is 13.5 Å². The van der Waals surface area contributed by atoms with Gasteiger partial charge in [0.15, 0.2) is 0 Å². The third-order valence-electron chi connectivity index (χ3n) is 4.49. The van der Waals surface area contributed by atoms with Crippen molar-refractivity contribution in [2.75, 3.05) is 0 Å². The molecule has 0 saturated heterocycles. The van der Waals surface area contributed by atoms with Crippen LogP contribution in [0.3, 0.4) is 0 Å². The van der Waals surface area contributed by atoms with Crippen LogP contribution in [0.1, 0.15) is 11.4 Å². The van der Waals surface area contributed by atoms with E-state index in [2.05, 4.69) is 10.1 Å². The molecule has 2 aromatic heterocycles. The molecule has 2 aromatic carbocycles. The zero-order valence-corrected chi connectivity index (χ0v) is 15.6. The summed E-state index contributed by atoms with van der Waals surface area (Å²) < 4.78 is 28.6. The monoisotopic (exact) mass is 379 g/mol. The molecular formula is C20H17N3O3S. The standard InChI is InChI=1S/C20H17N3O3S/c1-13-20(14(2)23(22-13)15-7-4-3-5-8-15)27(25,26)18-11-10-17(24)19-16(18)9-6-12-21-19/h3-12,24H,1-2H3. The van der Waals surface area contributed by atoms with Crippen molar-refractivity contribution in [1.82, 2.24) is 14.8 Å². The van der Waals surface area contributed by atoms with Crippen molar-refractivity contribution >= 4 is 20.7 Å². The van der Waals surface area contributed by atoms with Gasteiger partial charge in [-0.2, -0.15) is 5.10 Å². The summed E-state index contributed by atoms with van der Waals surface area (Å²) in [7, 11) is -3.87. The van der Waals surface area contributed by atoms with Crippen molar-refractivity contribution in [3.63, 3.8) is 0 Å². The highest BCUT2D eigenvalue weighted by Crippen LogP contribution is 2.34. The number of hydrogen-bond acceptors (Lipinski definition) is 5. The molecule has 7 heteroatoms. The number of phenolic OH excluding ortho intramolecular Hbond substituents is 1. The molecule has 0 spiro atoms. The fourth-order valence-electron chi connectivity index (χ4n) is 3.31. The van der Waals surface area contributed by atoms with Crippen LogP contribution in [0, 0.1) is 13.8 Å². The number of aromatic hydroxyl groups is 1. The number of sulfone groups is 1. The Hall–Kier alpha value is -3.19. The van der Waals surface area contributed by atoms with E-state index in [1.165, 1.54) is 18.3 Å². The third-order valence-corrected chi connectivity index (χ3v) is 6.56. The van der Waals surface area contributed by atoms with E-state index >= 15 is 0 Å². The van der Waals surface area contributed by atoms with Crippen molar-refractivity contribution in [2.45, 2.75) is 23.6 Å². The topological polar surface area (TPSA) is 85.1 Å². The number of nitrogens with zero attached hydrogens (tertiary/aromatic N) is 3. The van der Waals surface area contributed by atoms with Gasteiger partial charge < -0.3 is 5.11 Å². The van der Waals surface area contributed by atoms with Crippen LogP contribution in [0.25, 0.3) is 16.6 Å². The summed E-state index contributed by atoms with van der Waals surface area (Å²) in [6, 6.07) is 15.4. The highest BCUT2D eigenvalue weighted by atomic mass is 32.2. The summed E-state index contributed by atoms with van der Waals surface area (Å²) in [6.07, 6.45) is 1.52. The molecule has 0 aliphatic heterocycles. The maximum atomic E-state index is 13.5. The normalized spacial score (nSPS) is 11.8. The molecule has 0 aliphatic rings. The number of aryl methyl sites for hydroxylation is 1. The van der Waals surface area contributed by atoms with Gasteiger partial charge in [0.2, 0.25) is 9.84 Å². The van der Waals surface area contributed by atoms with Crippen molar-refractivity contribution in [3.05, 3.63) is 72.2 Å². The van der Waals surface area contributed by atoms with E-state index < -0.39 is 9.84 Å². The van der Waals surface area contributed by atoms with Crippen molar-refractivity contribution in [2.24, 2.45) is 0 Å². The number of rotatable bonds is 3. The van der Waals surface area contributed by atoms with Gasteiger partial charge >= 0.3 is 0 Å². The second-order valence-corrected chi connectivity index (χ2v) is 8.09. The molecule has 0 amide bonds. The molecule has 136 valence electrons. The Morgan fingerprint density at radius 2 is 1.70 bits per heavy atom. The first-order valence-electron chi connectivity index (χ1n) is 8.34. The maximum Gasteiger partial charge on any atom is 0.210 e. The summed E-state index contributed by atoms with van der Waals surface area (Å²) in [4.78, 5) is 4.38. The van der Waals surface area contributed by atoms with E-state index in [9.17, 15) is 13.5 Å².